The summed E-state index contributed by atoms with van der Waals surface area (Å²) >= 11 is 0. The minimum atomic E-state index is -0.0981. The van der Waals surface area contributed by atoms with Crippen LogP contribution in [0.3, 0.4) is 0 Å². The first-order valence-electron chi connectivity index (χ1n) is 6.13. The predicted molar refractivity (Wildman–Crippen MR) is 61.8 cm³/mol. The lowest BCUT2D eigenvalue weighted by atomic mass is 9.93. The summed E-state index contributed by atoms with van der Waals surface area (Å²) in [5, 5.41) is 17.9. The van der Waals surface area contributed by atoms with Crippen LogP contribution in [0, 0.1) is 5.92 Å². The van der Waals surface area contributed by atoms with E-state index in [4.69, 9.17) is 9.84 Å². The molecule has 0 saturated heterocycles. The summed E-state index contributed by atoms with van der Waals surface area (Å²) in [6, 6.07) is 0. The molecule has 0 aliphatic carbocycles. The van der Waals surface area contributed by atoms with Gasteiger partial charge in [0, 0.05) is 0 Å². The van der Waals surface area contributed by atoms with E-state index in [1.54, 1.807) is 0 Å². The zero-order chi connectivity index (χ0) is 11.5. The molecule has 0 aromatic carbocycles. The Hall–Kier alpha value is -0.120. The molecular weight excluding hydrogens is 192 g/mol. The number of aliphatic hydroxyl groups excluding tert-OH is 2. The van der Waals surface area contributed by atoms with Gasteiger partial charge in [0.05, 0.1) is 25.9 Å². The molecule has 0 rings (SSSR count). The molecule has 0 saturated carbocycles. The molecule has 2 unspecified atom stereocenters. The molecular formula is C12H26O3. The van der Waals surface area contributed by atoms with Gasteiger partial charge in [-0.1, -0.05) is 39.5 Å². The lowest BCUT2D eigenvalue weighted by molar-refractivity contribution is -0.0388. The van der Waals surface area contributed by atoms with Crippen molar-refractivity contribution in [1.29, 1.82) is 0 Å². The van der Waals surface area contributed by atoms with Gasteiger partial charge in [0.2, 0.25) is 0 Å². The molecule has 0 spiro atoms. The first kappa shape index (κ1) is 14.9. The lowest BCUT2D eigenvalue weighted by Crippen LogP contribution is -2.28. The van der Waals surface area contributed by atoms with E-state index in [1.807, 2.05) is 0 Å². The SMILES string of the molecule is CCCCCC(CC)C(CO)OCCO. The highest BCUT2D eigenvalue weighted by molar-refractivity contribution is 4.68. The monoisotopic (exact) mass is 218 g/mol. The summed E-state index contributed by atoms with van der Waals surface area (Å²) in [5.74, 6) is 0.424. The Balaban J connectivity index is 3.85. The largest absolute Gasteiger partial charge is 0.394 e. The summed E-state index contributed by atoms with van der Waals surface area (Å²) in [6.45, 7) is 4.73. The lowest BCUT2D eigenvalue weighted by Gasteiger charge is -2.24. The second-order valence-electron chi connectivity index (χ2n) is 3.98. The van der Waals surface area contributed by atoms with Crippen LogP contribution in [0.25, 0.3) is 0 Å². The number of aliphatic hydroxyl groups is 2. The van der Waals surface area contributed by atoms with Crippen LogP contribution in [0.1, 0.15) is 46.0 Å². The van der Waals surface area contributed by atoms with Crippen molar-refractivity contribution in [2.45, 2.75) is 52.1 Å². The Bertz CT molecular complexity index is 128. The zero-order valence-corrected chi connectivity index (χ0v) is 10.1. The molecule has 15 heavy (non-hydrogen) atoms. The highest BCUT2D eigenvalue weighted by atomic mass is 16.5. The number of ether oxygens (including phenoxy) is 1. The second kappa shape index (κ2) is 10.4. The van der Waals surface area contributed by atoms with Gasteiger partial charge in [0.25, 0.3) is 0 Å². The molecule has 92 valence electrons. The van der Waals surface area contributed by atoms with Crippen molar-refractivity contribution in [3.05, 3.63) is 0 Å². The van der Waals surface area contributed by atoms with Crippen molar-refractivity contribution in [1.82, 2.24) is 0 Å². The minimum Gasteiger partial charge on any atom is -0.394 e. The molecule has 0 amide bonds. The maximum Gasteiger partial charge on any atom is 0.0834 e. The Kier molecular flexibility index (Phi) is 10.3. The normalized spacial score (nSPS) is 15.2. The molecule has 0 aliphatic rings. The van der Waals surface area contributed by atoms with Crippen molar-refractivity contribution in [2.75, 3.05) is 19.8 Å². The van der Waals surface area contributed by atoms with E-state index >= 15 is 0 Å². The topological polar surface area (TPSA) is 49.7 Å². The van der Waals surface area contributed by atoms with Crippen LogP contribution >= 0.6 is 0 Å². The molecule has 0 aliphatic heterocycles. The molecule has 0 bridgehead atoms. The van der Waals surface area contributed by atoms with Gasteiger partial charge >= 0.3 is 0 Å². The molecule has 2 atom stereocenters. The van der Waals surface area contributed by atoms with E-state index in [0.29, 0.717) is 12.5 Å². The molecule has 0 aromatic heterocycles. The minimum absolute atomic E-state index is 0.0297. The number of hydrogen-bond acceptors (Lipinski definition) is 3. The highest BCUT2D eigenvalue weighted by Gasteiger charge is 2.19. The maximum absolute atomic E-state index is 9.20. The summed E-state index contributed by atoms with van der Waals surface area (Å²) in [6.07, 6.45) is 5.71. The van der Waals surface area contributed by atoms with Gasteiger partial charge in [-0.25, -0.2) is 0 Å². The molecule has 0 heterocycles. The van der Waals surface area contributed by atoms with E-state index in [1.165, 1.54) is 19.3 Å². The highest BCUT2D eigenvalue weighted by Crippen LogP contribution is 2.19. The summed E-state index contributed by atoms with van der Waals surface area (Å²) in [7, 11) is 0. The summed E-state index contributed by atoms with van der Waals surface area (Å²) < 4.78 is 5.42. The fraction of sp³-hybridized carbons (Fsp3) is 1.00. The van der Waals surface area contributed by atoms with Crippen molar-refractivity contribution < 1.29 is 14.9 Å². The number of unbranched alkanes of at least 4 members (excludes halogenated alkanes) is 2. The van der Waals surface area contributed by atoms with Crippen LogP contribution < -0.4 is 0 Å². The van der Waals surface area contributed by atoms with Gasteiger partial charge in [0.15, 0.2) is 0 Å². The van der Waals surface area contributed by atoms with Crippen molar-refractivity contribution in [3.63, 3.8) is 0 Å². The third kappa shape index (κ3) is 6.88. The van der Waals surface area contributed by atoms with Gasteiger partial charge in [-0.3, -0.25) is 0 Å². The van der Waals surface area contributed by atoms with E-state index < -0.39 is 0 Å². The Morgan fingerprint density at radius 1 is 1.13 bits per heavy atom. The average molecular weight is 218 g/mol. The fourth-order valence-corrected chi connectivity index (χ4v) is 1.85. The molecule has 0 fully saturated rings. The first-order valence-corrected chi connectivity index (χ1v) is 6.13. The third-order valence-electron chi connectivity index (χ3n) is 2.83. The molecule has 2 N–H and O–H groups in total. The van der Waals surface area contributed by atoms with Crippen LogP contribution in [0.5, 0.6) is 0 Å². The smallest absolute Gasteiger partial charge is 0.0834 e. The van der Waals surface area contributed by atoms with Gasteiger partial charge in [-0.05, 0) is 12.3 Å². The van der Waals surface area contributed by atoms with Gasteiger partial charge < -0.3 is 14.9 Å². The predicted octanol–water partition coefficient (Wildman–Crippen LogP) is 1.96. The maximum atomic E-state index is 9.20. The van der Waals surface area contributed by atoms with Crippen LogP contribution in [-0.2, 0) is 4.74 Å². The standard InChI is InChI=1S/C12H26O3/c1-3-5-6-7-11(4-2)12(10-14)15-9-8-13/h11-14H,3-10H2,1-2H3. The number of hydrogen-bond donors (Lipinski definition) is 2. The van der Waals surface area contributed by atoms with Crippen molar-refractivity contribution >= 4 is 0 Å². The van der Waals surface area contributed by atoms with E-state index in [0.717, 1.165) is 12.8 Å². The molecule has 3 heteroatoms. The second-order valence-corrected chi connectivity index (χ2v) is 3.98. The van der Waals surface area contributed by atoms with Crippen LogP contribution in [-0.4, -0.2) is 36.1 Å². The van der Waals surface area contributed by atoms with Gasteiger partial charge in [-0.15, -0.1) is 0 Å². The first-order chi connectivity index (χ1) is 7.29. The molecule has 3 nitrogen and oxygen atoms in total. The Morgan fingerprint density at radius 3 is 2.33 bits per heavy atom. The van der Waals surface area contributed by atoms with E-state index in [9.17, 15) is 5.11 Å². The van der Waals surface area contributed by atoms with Gasteiger partial charge in [0.1, 0.15) is 0 Å². The summed E-state index contributed by atoms with van der Waals surface area (Å²) in [5.41, 5.74) is 0. The third-order valence-corrected chi connectivity index (χ3v) is 2.83. The summed E-state index contributed by atoms with van der Waals surface area (Å²) in [4.78, 5) is 0. The Morgan fingerprint density at radius 2 is 1.87 bits per heavy atom. The van der Waals surface area contributed by atoms with E-state index in [-0.39, 0.29) is 19.3 Å². The molecule has 0 aromatic rings. The van der Waals surface area contributed by atoms with Crippen molar-refractivity contribution in [3.8, 4) is 0 Å². The van der Waals surface area contributed by atoms with Gasteiger partial charge in [-0.2, -0.15) is 0 Å². The quantitative estimate of drug-likeness (QED) is 0.551. The molecule has 0 radical (unpaired) electrons. The Labute approximate surface area is 93.5 Å². The van der Waals surface area contributed by atoms with Crippen LogP contribution in [0.2, 0.25) is 0 Å². The zero-order valence-electron chi connectivity index (χ0n) is 10.1. The average Bonchev–Trinajstić information content (AvgIpc) is 2.27. The van der Waals surface area contributed by atoms with Crippen LogP contribution in [0.4, 0.5) is 0 Å². The van der Waals surface area contributed by atoms with E-state index in [2.05, 4.69) is 13.8 Å². The number of rotatable bonds is 10. The van der Waals surface area contributed by atoms with Crippen LogP contribution in [0.15, 0.2) is 0 Å². The van der Waals surface area contributed by atoms with Crippen molar-refractivity contribution in [2.24, 2.45) is 5.92 Å². The fourth-order valence-electron chi connectivity index (χ4n) is 1.85.